The van der Waals surface area contributed by atoms with Crippen LogP contribution in [0.5, 0.6) is 0 Å². The Kier molecular flexibility index (Phi) is 4.00. The van der Waals surface area contributed by atoms with Gasteiger partial charge in [0.05, 0.1) is 0 Å². The van der Waals surface area contributed by atoms with Gasteiger partial charge in [0, 0.05) is 15.4 Å². The van der Waals surface area contributed by atoms with Crippen LogP contribution in [0.2, 0.25) is 0 Å². The molecule has 82 valence electrons. The van der Waals surface area contributed by atoms with Crippen molar-refractivity contribution in [3.05, 3.63) is 45.2 Å². The molecule has 2 rings (SSSR count). The van der Waals surface area contributed by atoms with Crippen LogP contribution in [0.1, 0.15) is 5.82 Å². The normalized spacial score (nSPS) is 10.4. The lowest BCUT2D eigenvalue weighted by Crippen LogP contribution is -1.89. The minimum absolute atomic E-state index is 0.772. The van der Waals surface area contributed by atoms with Gasteiger partial charge >= 0.3 is 0 Å². The van der Waals surface area contributed by atoms with Gasteiger partial charge in [-0.3, -0.25) is 0 Å². The standard InChI is InChI=1S/C11H8Br2N2S/c1-7-14-10(13)6-11(15-7)16-9-4-2-8(12)3-5-9/h2-6H,1H3. The summed E-state index contributed by atoms with van der Waals surface area (Å²) < 4.78 is 1.90. The average Bonchev–Trinajstić information content (AvgIpc) is 2.20. The Morgan fingerprint density at radius 2 is 1.75 bits per heavy atom. The topological polar surface area (TPSA) is 25.8 Å². The fourth-order valence-corrected chi connectivity index (χ4v) is 2.93. The fraction of sp³-hybridized carbons (Fsp3) is 0.0909. The highest BCUT2D eigenvalue weighted by atomic mass is 79.9. The second-order valence-corrected chi connectivity index (χ2v) is 5.95. The van der Waals surface area contributed by atoms with E-state index < -0.39 is 0 Å². The van der Waals surface area contributed by atoms with Gasteiger partial charge in [-0.1, -0.05) is 27.7 Å². The maximum Gasteiger partial charge on any atom is 0.127 e. The summed E-state index contributed by atoms with van der Waals surface area (Å²) in [5, 5.41) is 0.946. The quantitative estimate of drug-likeness (QED) is 0.740. The summed E-state index contributed by atoms with van der Waals surface area (Å²) in [5.41, 5.74) is 0. The first-order valence-corrected chi connectivity index (χ1v) is 6.98. The highest BCUT2D eigenvalue weighted by Crippen LogP contribution is 2.28. The summed E-state index contributed by atoms with van der Waals surface area (Å²) >= 11 is 8.40. The van der Waals surface area contributed by atoms with Crippen LogP contribution < -0.4 is 0 Å². The summed E-state index contributed by atoms with van der Waals surface area (Å²) in [6, 6.07) is 10.1. The predicted molar refractivity (Wildman–Crippen MR) is 72.7 cm³/mol. The number of rotatable bonds is 2. The van der Waals surface area contributed by atoms with Gasteiger partial charge in [0.1, 0.15) is 15.5 Å². The smallest absolute Gasteiger partial charge is 0.127 e. The van der Waals surface area contributed by atoms with Crippen molar-refractivity contribution in [1.29, 1.82) is 0 Å². The summed E-state index contributed by atoms with van der Waals surface area (Å²) in [7, 11) is 0. The molecule has 1 aromatic carbocycles. The molecule has 0 saturated heterocycles. The Labute approximate surface area is 115 Å². The molecule has 0 amide bonds. The zero-order valence-corrected chi connectivity index (χ0v) is 12.4. The Hall–Kier alpha value is -0.390. The largest absolute Gasteiger partial charge is 0.226 e. The molecule has 0 bridgehead atoms. The predicted octanol–water partition coefficient (Wildman–Crippen LogP) is 4.46. The summed E-state index contributed by atoms with van der Waals surface area (Å²) in [6.07, 6.45) is 0. The molecule has 1 aromatic heterocycles. The number of hydrogen-bond acceptors (Lipinski definition) is 3. The lowest BCUT2D eigenvalue weighted by Gasteiger charge is -2.02. The number of benzene rings is 1. The summed E-state index contributed by atoms with van der Waals surface area (Å²) in [5.74, 6) is 0.772. The van der Waals surface area contributed by atoms with Gasteiger partial charge in [-0.15, -0.1) is 0 Å². The van der Waals surface area contributed by atoms with Crippen molar-refractivity contribution in [1.82, 2.24) is 9.97 Å². The first-order chi connectivity index (χ1) is 7.63. The van der Waals surface area contributed by atoms with Crippen LogP contribution in [0.4, 0.5) is 0 Å². The fourth-order valence-electron chi connectivity index (χ4n) is 1.18. The number of hydrogen-bond donors (Lipinski definition) is 0. The van der Waals surface area contributed by atoms with Crippen LogP contribution in [0, 0.1) is 6.92 Å². The molecule has 0 aliphatic heterocycles. The third-order valence-corrected chi connectivity index (χ3v) is 3.68. The Bertz CT molecular complexity index is 480. The van der Waals surface area contributed by atoms with Gasteiger partial charge in [0.15, 0.2) is 0 Å². The van der Waals surface area contributed by atoms with Gasteiger partial charge in [-0.05, 0) is 47.1 Å². The molecule has 0 unspecified atom stereocenters. The molecule has 5 heteroatoms. The van der Waals surface area contributed by atoms with E-state index in [2.05, 4.69) is 54.0 Å². The second kappa shape index (κ2) is 5.29. The Balaban J connectivity index is 2.23. The average molecular weight is 360 g/mol. The molecule has 0 fully saturated rings. The zero-order valence-electron chi connectivity index (χ0n) is 8.45. The first-order valence-electron chi connectivity index (χ1n) is 4.58. The van der Waals surface area contributed by atoms with Crippen LogP contribution >= 0.6 is 43.6 Å². The van der Waals surface area contributed by atoms with E-state index in [4.69, 9.17) is 0 Å². The minimum atomic E-state index is 0.772. The molecule has 0 radical (unpaired) electrons. The molecule has 0 aliphatic carbocycles. The molecular formula is C11H8Br2N2S. The van der Waals surface area contributed by atoms with E-state index in [9.17, 15) is 0 Å². The van der Waals surface area contributed by atoms with Crippen molar-refractivity contribution in [2.24, 2.45) is 0 Å². The molecule has 1 heterocycles. The molecule has 2 aromatic rings. The van der Waals surface area contributed by atoms with E-state index in [0.717, 1.165) is 24.8 Å². The van der Waals surface area contributed by atoms with Crippen molar-refractivity contribution in [2.45, 2.75) is 16.8 Å². The first kappa shape index (κ1) is 12.1. The number of halogens is 2. The van der Waals surface area contributed by atoms with Crippen molar-refractivity contribution in [3.63, 3.8) is 0 Å². The molecular weight excluding hydrogens is 352 g/mol. The molecule has 0 atom stereocenters. The summed E-state index contributed by atoms with van der Waals surface area (Å²) in [4.78, 5) is 9.70. The van der Waals surface area contributed by atoms with Crippen LogP contribution in [-0.4, -0.2) is 9.97 Å². The lowest BCUT2D eigenvalue weighted by atomic mass is 10.4. The van der Waals surface area contributed by atoms with Gasteiger partial charge < -0.3 is 0 Å². The van der Waals surface area contributed by atoms with E-state index in [1.165, 1.54) is 0 Å². The maximum atomic E-state index is 4.36. The molecule has 16 heavy (non-hydrogen) atoms. The van der Waals surface area contributed by atoms with Crippen LogP contribution in [-0.2, 0) is 0 Å². The van der Waals surface area contributed by atoms with E-state index in [1.807, 2.05) is 25.1 Å². The van der Waals surface area contributed by atoms with Crippen molar-refractivity contribution in [3.8, 4) is 0 Å². The third kappa shape index (κ3) is 3.30. The van der Waals surface area contributed by atoms with Gasteiger partial charge in [0.2, 0.25) is 0 Å². The molecule has 0 aliphatic rings. The van der Waals surface area contributed by atoms with Crippen molar-refractivity contribution < 1.29 is 0 Å². The highest BCUT2D eigenvalue weighted by molar-refractivity contribution is 9.10. The summed E-state index contributed by atoms with van der Waals surface area (Å²) in [6.45, 7) is 1.89. The van der Waals surface area contributed by atoms with Gasteiger partial charge in [0.25, 0.3) is 0 Å². The van der Waals surface area contributed by atoms with Gasteiger partial charge in [-0.25, -0.2) is 9.97 Å². The second-order valence-electron chi connectivity index (χ2n) is 3.13. The van der Waals surface area contributed by atoms with Crippen LogP contribution in [0.15, 0.2) is 49.3 Å². The Morgan fingerprint density at radius 3 is 2.38 bits per heavy atom. The Morgan fingerprint density at radius 1 is 1.06 bits per heavy atom. The van der Waals surface area contributed by atoms with Gasteiger partial charge in [-0.2, -0.15) is 0 Å². The number of aryl methyl sites for hydroxylation is 1. The monoisotopic (exact) mass is 358 g/mol. The van der Waals surface area contributed by atoms with E-state index in [0.29, 0.717) is 0 Å². The molecule has 0 spiro atoms. The SMILES string of the molecule is Cc1nc(Br)cc(Sc2ccc(Br)cc2)n1. The number of aromatic nitrogens is 2. The minimum Gasteiger partial charge on any atom is -0.226 e. The van der Waals surface area contributed by atoms with Crippen LogP contribution in [0.25, 0.3) is 0 Å². The van der Waals surface area contributed by atoms with E-state index in [1.54, 1.807) is 11.8 Å². The van der Waals surface area contributed by atoms with Crippen molar-refractivity contribution >= 4 is 43.6 Å². The maximum absolute atomic E-state index is 4.36. The van der Waals surface area contributed by atoms with Crippen molar-refractivity contribution in [2.75, 3.05) is 0 Å². The van der Waals surface area contributed by atoms with E-state index >= 15 is 0 Å². The lowest BCUT2D eigenvalue weighted by molar-refractivity contribution is 0.951. The molecule has 2 nitrogen and oxygen atoms in total. The number of nitrogens with zero attached hydrogens (tertiary/aromatic N) is 2. The third-order valence-electron chi connectivity index (χ3n) is 1.82. The zero-order chi connectivity index (χ0) is 11.5. The highest BCUT2D eigenvalue weighted by Gasteiger charge is 2.02. The molecule has 0 saturated carbocycles. The molecule has 0 N–H and O–H groups in total. The van der Waals surface area contributed by atoms with E-state index in [-0.39, 0.29) is 0 Å². The van der Waals surface area contributed by atoms with Crippen LogP contribution in [0.3, 0.4) is 0 Å².